The number of hydrogen-bond acceptors (Lipinski definition) is 15. The first-order valence-corrected chi connectivity index (χ1v) is 36.8. The van der Waals surface area contributed by atoms with Crippen molar-refractivity contribution in [2.75, 3.05) is 39.6 Å². The van der Waals surface area contributed by atoms with Crippen molar-refractivity contribution in [3.05, 3.63) is 0 Å². The van der Waals surface area contributed by atoms with E-state index in [1.165, 1.54) is 116 Å². The number of carbonyl (C=O) groups excluding carboxylic acids is 4. The summed E-state index contributed by atoms with van der Waals surface area (Å²) in [5, 5.41) is 10.5. The number of carbonyl (C=O) groups is 4. The van der Waals surface area contributed by atoms with Gasteiger partial charge in [0.1, 0.15) is 19.3 Å². The average molecular weight is 1240 g/mol. The second kappa shape index (κ2) is 56.3. The lowest BCUT2D eigenvalue weighted by Gasteiger charge is -2.21. The second-order valence-electron chi connectivity index (χ2n) is 24.9. The van der Waals surface area contributed by atoms with Gasteiger partial charge in [0.2, 0.25) is 0 Å². The Kier molecular flexibility index (Phi) is 55.0. The monoisotopic (exact) mass is 1240 g/mol. The number of esters is 4. The summed E-state index contributed by atoms with van der Waals surface area (Å²) < 4.78 is 68.0. The van der Waals surface area contributed by atoms with Crippen LogP contribution in [0.25, 0.3) is 0 Å². The van der Waals surface area contributed by atoms with E-state index in [4.69, 9.17) is 37.0 Å². The van der Waals surface area contributed by atoms with Gasteiger partial charge in [-0.2, -0.15) is 0 Å². The second-order valence-corrected chi connectivity index (χ2v) is 27.8. The quantitative estimate of drug-likeness (QED) is 0.0222. The highest BCUT2D eigenvalue weighted by Gasteiger charge is 2.30. The highest BCUT2D eigenvalue weighted by molar-refractivity contribution is 7.47. The van der Waals surface area contributed by atoms with Gasteiger partial charge >= 0.3 is 39.5 Å². The maximum atomic E-state index is 13.0. The number of phosphoric acid groups is 2. The van der Waals surface area contributed by atoms with Crippen LogP contribution in [0.4, 0.5) is 0 Å². The Hall–Kier alpha value is -1.94. The van der Waals surface area contributed by atoms with Crippen molar-refractivity contribution in [1.82, 2.24) is 0 Å². The summed E-state index contributed by atoms with van der Waals surface area (Å²) in [6, 6.07) is 0. The van der Waals surface area contributed by atoms with Gasteiger partial charge in [0.15, 0.2) is 12.2 Å². The minimum Gasteiger partial charge on any atom is -0.462 e. The zero-order valence-corrected chi connectivity index (χ0v) is 56.1. The molecule has 2 unspecified atom stereocenters. The average Bonchev–Trinajstić information content (AvgIpc) is 3.54. The van der Waals surface area contributed by atoms with Gasteiger partial charge < -0.3 is 33.8 Å². The molecule has 17 nitrogen and oxygen atoms in total. The third-order valence-electron chi connectivity index (χ3n) is 14.9. The van der Waals surface area contributed by atoms with Crippen molar-refractivity contribution in [3.8, 4) is 0 Å². The fraction of sp³-hybridized carbons (Fsp3) is 0.938. The van der Waals surface area contributed by atoms with Crippen LogP contribution in [0.3, 0.4) is 0 Å². The van der Waals surface area contributed by atoms with E-state index in [0.29, 0.717) is 43.4 Å². The molecule has 84 heavy (non-hydrogen) atoms. The molecule has 0 aliphatic carbocycles. The third kappa shape index (κ3) is 59.0. The Balaban J connectivity index is 5.23. The lowest BCUT2D eigenvalue weighted by molar-refractivity contribution is -0.161. The van der Waals surface area contributed by atoms with Crippen LogP contribution in [0, 0.1) is 17.8 Å². The SMILES string of the molecule is CCCCCCCCCCCCCCCCCC(=O)O[C@H](COC(=O)CCCCCCCCCC(C)C)COP(=O)(O)OC[C@@H](O)COP(=O)(O)OC[C@@H](COC(=O)CCCCCCCCC(C)C)OC(=O)CCCCCCCCCC(C)C. The first-order valence-electron chi connectivity index (χ1n) is 33.8. The third-order valence-corrected chi connectivity index (χ3v) is 16.8. The molecule has 0 aliphatic rings. The molecule has 0 bridgehead atoms. The number of phosphoric ester groups is 2. The van der Waals surface area contributed by atoms with Crippen molar-refractivity contribution in [3.63, 3.8) is 0 Å². The van der Waals surface area contributed by atoms with Crippen LogP contribution in [0.5, 0.6) is 0 Å². The van der Waals surface area contributed by atoms with Crippen molar-refractivity contribution in [2.45, 2.75) is 336 Å². The summed E-state index contributed by atoms with van der Waals surface area (Å²) in [7, 11) is -9.89. The summed E-state index contributed by atoms with van der Waals surface area (Å²) in [4.78, 5) is 72.2. The molecule has 498 valence electrons. The molecule has 0 rings (SSSR count). The molecule has 0 saturated heterocycles. The van der Waals surface area contributed by atoms with E-state index in [2.05, 4.69) is 48.5 Å². The Bertz CT molecular complexity index is 1660. The van der Waals surface area contributed by atoms with Crippen molar-refractivity contribution in [2.24, 2.45) is 17.8 Å². The highest BCUT2D eigenvalue weighted by atomic mass is 31.2. The molecule has 0 aromatic carbocycles. The van der Waals surface area contributed by atoms with E-state index < -0.39 is 97.5 Å². The highest BCUT2D eigenvalue weighted by Crippen LogP contribution is 2.45. The van der Waals surface area contributed by atoms with Gasteiger partial charge in [0.25, 0.3) is 0 Å². The fourth-order valence-electron chi connectivity index (χ4n) is 9.66. The number of aliphatic hydroxyl groups is 1. The molecule has 0 spiro atoms. The Morgan fingerprint density at radius 2 is 0.548 bits per heavy atom. The largest absolute Gasteiger partial charge is 0.472 e. The van der Waals surface area contributed by atoms with Crippen molar-refractivity contribution >= 4 is 39.5 Å². The van der Waals surface area contributed by atoms with E-state index in [9.17, 15) is 43.2 Å². The van der Waals surface area contributed by atoms with Gasteiger partial charge in [-0.3, -0.25) is 37.3 Å². The molecule has 0 radical (unpaired) electrons. The zero-order chi connectivity index (χ0) is 62.4. The molecule has 3 N–H and O–H groups in total. The molecular weight excluding hydrogens is 1110 g/mol. The molecule has 5 atom stereocenters. The van der Waals surface area contributed by atoms with Gasteiger partial charge in [0, 0.05) is 25.7 Å². The Morgan fingerprint density at radius 3 is 0.810 bits per heavy atom. The van der Waals surface area contributed by atoms with Crippen LogP contribution in [-0.4, -0.2) is 96.7 Å². The molecule has 0 fully saturated rings. The lowest BCUT2D eigenvalue weighted by Crippen LogP contribution is -2.30. The first-order chi connectivity index (χ1) is 40.2. The maximum absolute atomic E-state index is 13.0. The van der Waals surface area contributed by atoms with E-state index in [0.717, 1.165) is 103 Å². The summed E-state index contributed by atoms with van der Waals surface area (Å²) in [5.41, 5.74) is 0. The van der Waals surface area contributed by atoms with E-state index in [-0.39, 0.29) is 25.7 Å². The minimum atomic E-state index is -4.95. The molecule has 0 aromatic rings. The topological polar surface area (TPSA) is 237 Å². The predicted molar refractivity (Wildman–Crippen MR) is 335 cm³/mol. The van der Waals surface area contributed by atoms with Crippen LogP contribution in [-0.2, 0) is 65.4 Å². The number of aliphatic hydroxyl groups excluding tert-OH is 1. The van der Waals surface area contributed by atoms with Gasteiger partial charge in [-0.15, -0.1) is 0 Å². The number of ether oxygens (including phenoxy) is 4. The predicted octanol–water partition coefficient (Wildman–Crippen LogP) is 17.9. The first kappa shape index (κ1) is 82.1. The van der Waals surface area contributed by atoms with Crippen molar-refractivity contribution in [1.29, 1.82) is 0 Å². The summed E-state index contributed by atoms with van der Waals surface area (Å²) in [5.74, 6) is -0.0578. The van der Waals surface area contributed by atoms with E-state index in [1.54, 1.807) is 0 Å². The maximum Gasteiger partial charge on any atom is 0.472 e. The normalized spacial score (nSPS) is 14.3. The van der Waals surface area contributed by atoms with Gasteiger partial charge in [-0.1, -0.05) is 267 Å². The van der Waals surface area contributed by atoms with Crippen LogP contribution in [0.1, 0.15) is 318 Å². The summed E-state index contributed by atoms with van der Waals surface area (Å²) in [6.45, 7) is 11.6. The fourth-order valence-corrected chi connectivity index (χ4v) is 11.2. The van der Waals surface area contributed by atoms with Crippen LogP contribution in [0.15, 0.2) is 0 Å². The summed E-state index contributed by atoms with van der Waals surface area (Å²) in [6.07, 6.45) is 37.9. The van der Waals surface area contributed by atoms with Gasteiger partial charge in [-0.05, 0) is 43.4 Å². The standard InChI is InChI=1S/C65H126O17P2/c1-8-9-10-11-12-13-14-15-16-17-18-19-24-34-41-48-64(69)81-60(52-75-62(67)46-39-32-25-20-22-29-36-43-56(2)3)54-79-83(71,72)77-50-59(66)51-78-84(73,74)80-55-61(53-76-63(68)47-40-33-28-27-31-38-45-58(6)7)82-65(70)49-42-35-26-21-23-30-37-44-57(4)5/h56-61,66H,8-55H2,1-7H3,(H,71,72)(H,73,74)/t59-,60-,61-/m1/s1. The van der Waals surface area contributed by atoms with Gasteiger partial charge in [-0.25, -0.2) is 9.13 Å². The van der Waals surface area contributed by atoms with Crippen LogP contribution < -0.4 is 0 Å². The molecular formula is C65H126O17P2. The number of hydrogen-bond donors (Lipinski definition) is 3. The smallest absolute Gasteiger partial charge is 0.462 e. The molecule has 0 saturated carbocycles. The Morgan fingerprint density at radius 1 is 0.321 bits per heavy atom. The minimum absolute atomic E-state index is 0.102. The Labute approximate surface area is 511 Å². The van der Waals surface area contributed by atoms with Gasteiger partial charge in [0.05, 0.1) is 26.4 Å². The molecule has 0 heterocycles. The summed E-state index contributed by atoms with van der Waals surface area (Å²) >= 11 is 0. The number of rotatable bonds is 63. The van der Waals surface area contributed by atoms with Crippen molar-refractivity contribution < 1.29 is 80.2 Å². The molecule has 0 aromatic heterocycles. The lowest BCUT2D eigenvalue weighted by atomic mass is 10.0. The number of unbranched alkanes of at least 4 members (excludes halogenated alkanes) is 31. The van der Waals surface area contributed by atoms with E-state index >= 15 is 0 Å². The molecule has 0 amide bonds. The van der Waals surface area contributed by atoms with Crippen LogP contribution >= 0.6 is 15.6 Å². The van der Waals surface area contributed by atoms with Crippen LogP contribution in [0.2, 0.25) is 0 Å². The van der Waals surface area contributed by atoms with E-state index in [1.807, 2.05) is 0 Å². The molecule has 19 heteroatoms. The molecule has 0 aliphatic heterocycles. The zero-order valence-electron chi connectivity index (χ0n) is 54.4.